The summed E-state index contributed by atoms with van der Waals surface area (Å²) in [5.41, 5.74) is 13.3. The number of anilines is 3. The van der Waals surface area contributed by atoms with Gasteiger partial charge in [0.25, 0.3) is 0 Å². The van der Waals surface area contributed by atoms with Crippen LogP contribution in [0.2, 0.25) is 0 Å². The number of para-hydroxylation sites is 2. The van der Waals surface area contributed by atoms with Crippen molar-refractivity contribution in [3.63, 3.8) is 0 Å². The van der Waals surface area contributed by atoms with Gasteiger partial charge in [0, 0.05) is 64.9 Å². The number of hydrogen-bond donors (Lipinski definition) is 0. The molecule has 12 rings (SSSR count). The van der Waals surface area contributed by atoms with Crippen LogP contribution >= 0.6 is 23.1 Å². The van der Waals surface area contributed by atoms with E-state index in [9.17, 15) is 0 Å². The first-order valence-electron chi connectivity index (χ1n) is 21.5. The molecule has 0 amide bonds. The van der Waals surface area contributed by atoms with Gasteiger partial charge in [-0.25, -0.2) is 0 Å². The predicted molar refractivity (Wildman–Crippen MR) is 269 cm³/mol. The van der Waals surface area contributed by atoms with Gasteiger partial charge in [-0.3, -0.25) is 0 Å². The van der Waals surface area contributed by atoms with E-state index in [-0.39, 0.29) is 0 Å². The fraction of sp³-hybridized carbons (Fsp3) is 0.0690. The number of nitrogens with zero attached hydrogens (tertiary/aromatic N) is 2. The molecule has 0 saturated heterocycles. The van der Waals surface area contributed by atoms with E-state index < -0.39 is 0 Å². The summed E-state index contributed by atoms with van der Waals surface area (Å²) >= 11 is 3.91. The first kappa shape index (κ1) is 37.0. The van der Waals surface area contributed by atoms with Crippen molar-refractivity contribution in [3.8, 4) is 27.9 Å². The Morgan fingerprint density at radius 2 is 1.10 bits per heavy atom. The lowest BCUT2D eigenvalue weighted by Crippen LogP contribution is -2.09. The van der Waals surface area contributed by atoms with Crippen LogP contribution in [0.5, 0.6) is 0 Å². The van der Waals surface area contributed by atoms with Crippen molar-refractivity contribution in [3.05, 3.63) is 229 Å². The molecule has 1 aliphatic carbocycles. The summed E-state index contributed by atoms with van der Waals surface area (Å²) < 4.78 is 5.07. The predicted octanol–water partition coefficient (Wildman–Crippen LogP) is 17.1. The third-order valence-electron chi connectivity index (χ3n) is 12.7. The van der Waals surface area contributed by atoms with Crippen molar-refractivity contribution in [2.45, 2.75) is 18.1 Å². The molecule has 2 nitrogen and oxygen atoms in total. The van der Waals surface area contributed by atoms with E-state index in [1.54, 1.807) is 0 Å². The van der Waals surface area contributed by atoms with Gasteiger partial charge in [-0.15, -0.1) is 23.1 Å². The Bertz CT molecular complexity index is 3370. The van der Waals surface area contributed by atoms with E-state index >= 15 is 0 Å². The first-order valence-corrected chi connectivity index (χ1v) is 23.2. The van der Waals surface area contributed by atoms with Crippen LogP contribution in [0.3, 0.4) is 0 Å². The minimum absolute atomic E-state index is 0.467. The fourth-order valence-corrected chi connectivity index (χ4v) is 12.0. The Morgan fingerprint density at radius 3 is 1.89 bits per heavy atom. The van der Waals surface area contributed by atoms with Gasteiger partial charge in [-0.2, -0.15) is 0 Å². The maximum absolute atomic E-state index is 2.46. The third-order valence-corrected chi connectivity index (χ3v) is 15.3. The van der Waals surface area contributed by atoms with Gasteiger partial charge >= 0.3 is 0 Å². The highest BCUT2D eigenvalue weighted by Crippen LogP contribution is 2.49. The molecule has 1 aliphatic heterocycles. The number of thioether (sulfide) groups is 1. The van der Waals surface area contributed by atoms with Crippen LogP contribution < -0.4 is 4.90 Å². The second-order valence-corrected chi connectivity index (χ2v) is 18.7. The minimum Gasteiger partial charge on any atom is -0.311 e. The molecule has 0 radical (unpaired) electrons. The topological polar surface area (TPSA) is 8.17 Å². The second kappa shape index (κ2) is 15.6. The van der Waals surface area contributed by atoms with E-state index in [4.69, 9.17) is 0 Å². The lowest BCUT2D eigenvalue weighted by Gasteiger charge is -2.26. The average Bonchev–Trinajstić information content (AvgIpc) is 4.07. The number of benzene rings is 8. The number of fused-ring (bicyclic) bond motifs is 6. The Hall–Kier alpha value is -6.85. The Kier molecular flexibility index (Phi) is 9.27. The highest BCUT2D eigenvalue weighted by Gasteiger charge is 2.25. The summed E-state index contributed by atoms with van der Waals surface area (Å²) in [4.78, 5) is 3.88. The van der Waals surface area contributed by atoms with Gasteiger partial charge < -0.3 is 9.47 Å². The molecule has 2 atom stereocenters. The fourth-order valence-electron chi connectivity index (χ4n) is 9.52. The number of aromatic nitrogens is 1. The van der Waals surface area contributed by atoms with Crippen molar-refractivity contribution < 1.29 is 0 Å². The Labute approximate surface area is 370 Å². The molecule has 0 N–H and O–H groups in total. The van der Waals surface area contributed by atoms with Crippen LogP contribution in [-0.4, -0.2) is 4.57 Å². The SMILES string of the molecule is C1=CCC(C2=CCC(c3ccc(N(c4ccccc4)c4ccc(-c5ccc6c(c5)c5ccccc5n6-c5ccc(-c6ccc7c(c6)sc6ccccc67)cc5)cc4)cc3)S2)C=C1. The molecular formula is C58H42N2S2. The van der Waals surface area contributed by atoms with Gasteiger partial charge in [0.05, 0.1) is 11.0 Å². The molecule has 0 fully saturated rings. The standard InChI is InChI=1S/C58H42N2S2/c1-3-11-41(12-4-1)55-35-36-56(61-55)42-23-31-47(32-24-42)59(45-13-5-2-6-14-45)46-27-19-39(20-28-46)43-26-34-54-52(37-43)49-15-7-9-17-53(49)60(54)48-29-21-40(22-30-48)44-25-33-51-50-16-8-10-18-57(50)62-58(51)38-44/h1-11,13-35,37-38,41,56H,12,36H2. The van der Waals surface area contributed by atoms with E-state index in [0.29, 0.717) is 11.2 Å². The zero-order valence-corrected chi connectivity index (χ0v) is 35.7. The molecule has 8 aromatic carbocycles. The third kappa shape index (κ3) is 6.59. The van der Waals surface area contributed by atoms with Crippen LogP contribution in [0.25, 0.3) is 69.9 Å². The second-order valence-electron chi connectivity index (χ2n) is 16.4. The number of allylic oxidation sites excluding steroid dienone is 6. The first-order chi connectivity index (χ1) is 30.7. The summed E-state index contributed by atoms with van der Waals surface area (Å²) in [6.07, 6.45) is 13.6. The molecular weight excluding hydrogens is 789 g/mol. The molecule has 62 heavy (non-hydrogen) atoms. The zero-order valence-electron chi connectivity index (χ0n) is 34.1. The number of hydrogen-bond acceptors (Lipinski definition) is 3. The van der Waals surface area contributed by atoms with Gasteiger partial charge in [0.2, 0.25) is 0 Å². The molecule has 2 aromatic heterocycles. The molecule has 4 heteroatoms. The maximum atomic E-state index is 2.46. The van der Waals surface area contributed by atoms with Gasteiger partial charge in [-0.1, -0.05) is 140 Å². The van der Waals surface area contributed by atoms with Crippen LogP contribution in [0.1, 0.15) is 23.7 Å². The molecule has 296 valence electrons. The number of thiophene rings is 1. The molecule has 2 unspecified atom stereocenters. The molecule has 0 spiro atoms. The van der Waals surface area contributed by atoms with E-state index in [1.807, 2.05) is 23.1 Å². The number of rotatable bonds is 8. The maximum Gasteiger partial charge on any atom is 0.0541 e. The summed E-state index contributed by atoms with van der Waals surface area (Å²) in [7, 11) is 0. The molecule has 0 bridgehead atoms. The minimum atomic E-state index is 0.467. The Balaban J connectivity index is 0.832. The lowest BCUT2D eigenvalue weighted by atomic mass is 9.99. The van der Waals surface area contributed by atoms with E-state index in [1.165, 1.54) is 74.7 Å². The van der Waals surface area contributed by atoms with Crippen molar-refractivity contribution in [1.29, 1.82) is 0 Å². The molecule has 3 heterocycles. The van der Waals surface area contributed by atoms with E-state index in [2.05, 4.69) is 228 Å². The van der Waals surface area contributed by atoms with Gasteiger partial charge in [0.15, 0.2) is 0 Å². The smallest absolute Gasteiger partial charge is 0.0541 e. The van der Waals surface area contributed by atoms with E-state index in [0.717, 1.165) is 35.6 Å². The Morgan fingerprint density at radius 1 is 0.468 bits per heavy atom. The highest BCUT2D eigenvalue weighted by atomic mass is 32.2. The van der Waals surface area contributed by atoms with Gasteiger partial charge in [-0.05, 0) is 124 Å². The van der Waals surface area contributed by atoms with Crippen molar-refractivity contribution in [2.24, 2.45) is 5.92 Å². The van der Waals surface area contributed by atoms with Crippen LogP contribution in [0.15, 0.2) is 223 Å². The largest absolute Gasteiger partial charge is 0.311 e. The monoisotopic (exact) mass is 830 g/mol. The van der Waals surface area contributed by atoms with Crippen LogP contribution in [0, 0.1) is 5.92 Å². The molecule has 2 aliphatic rings. The normalized spacial score (nSPS) is 16.2. The quantitative estimate of drug-likeness (QED) is 0.151. The summed E-state index contributed by atoms with van der Waals surface area (Å²) in [6, 6.07) is 69.4. The summed E-state index contributed by atoms with van der Waals surface area (Å²) in [5, 5.41) is 5.64. The van der Waals surface area contributed by atoms with Crippen LogP contribution in [0.4, 0.5) is 17.1 Å². The van der Waals surface area contributed by atoms with Crippen molar-refractivity contribution in [2.75, 3.05) is 4.90 Å². The summed E-state index contributed by atoms with van der Waals surface area (Å²) in [6.45, 7) is 0. The molecule has 0 saturated carbocycles. The zero-order chi connectivity index (χ0) is 41.0. The lowest BCUT2D eigenvalue weighted by molar-refractivity contribution is 0.808. The summed E-state index contributed by atoms with van der Waals surface area (Å²) in [5.74, 6) is 0.525. The highest BCUT2D eigenvalue weighted by molar-refractivity contribution is 8.03. The van der Waals surface area contributed by atoms with Gasteiger partial charge in [0.1, 0.15) is 0 Å². The van der Waals surface area contributed by atoms with Crippen molar-refractivity contribution in [1.82, 2.24) is 4.57 Å². The van der Waals surface area contributed by atoms with Crippen LogP contribution in [-0.2, 0) is 0 Å². The average molecular weight is 831 g/mol. The molecule has 10 aromatic rings. The van der Waals surface area contributed by atoms with Crippen molar-refractivity contribution >= 4 is 82.1 Å².